The maximum Gasteiger partial charge on any atom is 0.302 e. The summed E-state index contributed by atoms with van der Waals surface area (Å²) in [6.07, 6.45) is 1.63. The highest BCUT2D eigenvalue weighted by atomic mass is 35.5. The molecule has 36 heavy (non-hydrogen) atoms. The van der Waals surface area contributed by atoms with E-state index in [0.717, 1.165) is 10.5 Å². The zero-order chi connectivity index (χ0) is 26.1. The minimum atomic E-state index is -0.663. The predicted octanol–water partition coefficient (Wildman–Crippen LogP) is 4.09. The number of carbonyl (C=O) groups is 3. The van der Waals surface area contributed by atoms with Crippen LogP contribution in [0.25, 0.3) is 6.08 Å². The van der Waals surface area contributed by atoms with Crippen molar-refractivity contribution in [3.63, 3.8) is 0 Å². The molecule has 9 heteroatoms. The Morgan fingerprint density at radius 2 is 1.78 bits per heavy atom. The van der Waals surface area contributed by atoms with E-state index >= 15 is 0 Å². The van der Waals surface area contributed by atoms with Gasteiger partial charge in [-0.2, -0.15) is 5.26 Å². The number of nitriles is 1. The van der Waals surface area contributed by atoms with Gasteiger partial charge in [-0.1, -0.05) is 41.9 Å². The van der Waals surface area contributed by atoms with E-state index < -0.39 is 17.8 Å². The lowest BCUT2D eigenvalue weighted by Crippen LogP contribution is -2.44. The van der Waals surface area contributed by atoms with Crippen molar-refractivity contribution in [2.75, 3.05) is 26.4 Å². The number of imide groups is 1. The van der Waals surface area contributed by atoms with Gasteiger partial charge in [0.05, 0.1) is 19.8 Å². The van der Waals surface area contributed by atoms with E-state index in [2.05, 4.69) is 0 Å². The second kappa shape index (κ2) is 12.7. The molecule has 0 N–H and O–H groups in total. The van der Waals surface area contributed by atoms with Gasteiger partial charge in [0.25, 0.3) is 11.8 Å². The van der Waals surface area contributed by atoms with Crippen LogP contribution >= 0.6 is 11.6 Å². The molecule has 0 unspecified atom stereocenters. The summed E-state index contributed by atoms with van der Waals surface area (Å²) >= 11 is 6.16. The second-order valence-electron chi connectivity index (χ2n) is 7.83. The molecule has 0 spiro atoms. The average molecular weight is 509 g/mol. The number of esters is 1. The summed E-state index contributed by atoms with van der Waals surface area (Å²) in [5, 5.41) is 10.1. The van der Waals surface area contributed by atoms with E-state index in [0.29, 0.717) is 28.5 Å². The smallest absolute Gasteiger partial charge is 0.302 e. The van der Waals surface area contributed by atoms with Crippen LogP contribution in [0, 0.1) is 11.3 Å². The zero-order valence-corrected chi connectivity index (χ0v) is 20.7. The Morgan fingerprint density at radius 3 is 2.44 bits per heavy atom. The van der Waals surface area contributed by atoms with Gasteiger partial charge >= 0.3 is 5.97 Å². The molecule has 0 aromatic heterocycles. The normalized spacial score (nSPS) is 14.7. The summed E-state index contributed by atoms with van der Waals surface area (Å²) < 4.78 is 15.9. The predicted molar refractivity (Wildman–Crippen MR) is 133 cm³/mol. The van der Waals surface area contributed by atoms with Crippen molar-refractivity contribution in [2.24, 2.45) is 0 Å². The Balaban J connectivity index is 1.70. The lowest BCUT2D eigenvalue weighted by Gasteiger charge is -2.27. The summed E-state index contributed by atoms with van der Waals surface area (Å²) in [7, 11) is 0. The molecule has 0 aliphatic carbocycles. The minimum Gasteiger partial charge on any atom is -0.489 e. The fourth-order valence-electron chi connectivity index (χ4n) is 3.44. The van der Waals surface area contributed by atoms with Crippen molar-refractivity contribution in [1.82, 2.24) is 4.90 Å². The van der Waals surface area contributed by atoms with Crippen LogP contribution < -0.4 is 4.74 Å². The third-order valence-electron chi connectivity index (χ3n) is 5.36. The summed E-state index contributed by atoms with van der Waals surface area (Å²) in [4.78, 5) is 37.6. The summed E-state index contributed by atoms with van der Waals surface area (Å²) in [5.74, 6) is -0.975. The third-order valence-corrected chi connectivity index (χ3v) is 5.73. The van der Waals surface area contributed by atoms with E-state index in [4.69, 9.17) is 25.8 Å². The summed E-state index contributed by atoms with van der Waals surface area (Å²) in [5.41, 5.74) is 2.03. The fourth-order valence-corrected chi connectivity index (χ4v) is 3.63. The number of hydrogen-bond donors (Lipinski definition) is 0. The molecule has 2 aromatic rings. The second-order valence-corrected chi connectivity index (χ2v) is 8.24. The number of rotatable bonds is 10. The fraction of sp³-hybridized carbons (Fsp3) is 0.259. The monoisotopic (exact) mass is 508 g/mol. The number of hydrogen-bond acceptors (Lipinski definition) is 7. The van der Waals surface area contributed by atoms with Gasteiger partial charge in [-0.3, -0.25) is 19.3 Å². The van der Waals surface area contributed by atoms with E-state index in [-0.39, 0.29) is 37.5 Å². The van der Waals surface area contributed by atoms with Crippen molar-refractivity contribution in [3.8, 4) is 11.8 Å². The topological polar surface area (TPSA) is 106 Å². The quantitative estimate of drug-likeness (QED) is 0.206. The first kappa shape index (κ1) is 26.7. The molecule has 3 rings (SSSR count). The van der Waals surface area contributed by atoms with Crippen molar-refractivity contribution in [2.45, 2.75) is 20.5 Å². The Kier molecular flexibility index (Phi) is 9.39. The number of carbonyl (C=O) groups excluding carboxylic acids is 3. The number of ether oxygens (including phenoxy) is 3. The highest BCUT2D eigenvalue weighted by Gasteiger charge is 2.35. The molecular formula is C27H25ClN2O6. The molecule has 1 heterocycles. The maximum atomic E-state index is 13.1. The lowest BCUT2D eigenvalue weighted by molar-refractivity contribution is -0.142. The first-order chi connectivity index (χ1) is 17.3. The van der Waals surface area contributed by atoms with Crippen molar-refractivity contribution in [3.05, 3.63) is 81.4 Å². The largest absolute Gasteiger partial charge is 0.489 e. The van der Waals surface area contributed by atoms with Crippen molar-refractivity contribution >= 4 is 35.5 Å². The van der Waals surface area contributed by atoms with Crippen LogP contribution in [0.15, 0.2) is 65.3 Å². The van der Waals surface area contributed by atoms with Gasteiger partial charge in [-0.05, 0) is 42.3 Å². The minimum absolute atomic E-state index is 0.0393. The van der Waals surface area contributed by atoms with Crippen LogP contribution in [0.4, 0.5) is 0 Å². The molecule has 0 atom stereocenters. The molecule has 0 radical (unpaired) electrons. The van der Waals surface area contributed by atoms with Crippen LogP contribution in [0.3, 0.4) is 0 Å². The highest BCUT2D eigenvalue weighted by Crippen LogP contribution is 2.27. The van der Waals surface area contributed by atoms with Gasteiger partial charge < -0.3 is 14.2 Å². The van der Waals surface area contributed by atoms with Crippen molar-refractivity contribution in [1.29, 1.82) is 5.26 Å². The van der Waals surface area contributed by atoms with Crippen LogP contribution in [0.2, 0.25) is 5.02 Å². The SMILES string of the molecule is CC(=O)OCCOCCN1C(=O)C(C#N)=C(C)/C(=C\c2ccc(OCc3ccccc3Cl)cc2)C1=O. The van der Waals surface area contributed by atoms with Crippen LogP contribution in [-0.4, -0.2) is 49.0 Å². The first-order valence-electron chi connectivity index (χ1n) is 11.2. The number of nitrogens with zero attached hydrogens (tertiary/aromatic N) is 2. The molecule has 0 fully saturated rings. The molecule has 0 bridgehead atoms. The van der Waals surface area contributed by atoms with Crippen LogP contribution in [0.5, 0.6) is 5.75 Å². The Bertz CT molecular complexity index is 1240. The van der Waals surface area contributed by atoms with Crippen LogP contribution in [-0.2, 0) is 30.5 Å². The van der Waals surface area contributed by atoms with Gasteiger partial charge in [0.15, 0.2) is 0 Å². The number of halogens is 1. The van der Waals surface area contributed by atoms with E-state index in [1.165, 1.54) is 6.92 Å². The van der Waals surface area contributed by atoms with Crippen LogP contribution in [0.1, 0.15) is 25.0 Å². The Labute approximate surface area is 214 Å². The highest BCUT2D eigenvalue weighted by molar-refractivity contribution is 6.31. The van der Waals surface area contributed by atoms with Gasteiger partial charge in [0.2, 0.25) is 0 Å². The van der Waals surface area contributed by atoms with Gasteiger partial charge in [0.1, 0.15) is 30.6 Å². The third kappa shape index (κ3) is 6.81. The molecule has 2 aromatic carbocycles. The molecule has 0 saturated heterocycles. The van der Waals surface area contributed by atoms with Gasteiger partial charge in [-0.15, -0.1) is 0 Å². The van der Waals surface area contributed by atoms with E-state index in [9.17, 15) is 19.6 Å². The molecule has 2 amide bonds. The molecule has 186 valence electrons. The molecule has 8 nitrogen and oxygen atoms in total. The lowest BCUT2D eigenvalue weighted by atomic mass is 9.93. The van der Waals surface area contributed by atoms with E-state index in [1.54, 1.807) is 43.3 Å². The molecule has 0 saturated carbocycles. The van der Waals surface area contributed by atoms with Gasteiger partial charge in [-0.25, -0.2) is 0 Å². The van der Waals surface area contributed by atoms with Crippen molar-refractivity contribution < 1.29 is 28.6 Å². The zero-order valence-electron chi connectivity index (χ0n) is 20.0. The molecular weight excluding hydrogens is 484 g/mol. The first-order valence-corrected chi connectivity index (χ1v) is 11.6. The Hall–Kier alpha value is -3.93. The Morgan fingerprint density at radius 1 is 1.06 bits per heavy atom. The van der Waals surface area contributed by atoms with Gasteiger partial charge in [0, 0.05) is 23.1 Å². The maximum absolute atomic E-state index is 13.1. The number of benzene rings is 2. The summed E-state index contributed by atoms with van der Waals surface area (Å²) in [6, 6.07) is 16.4. The molecule has 1 aliphatic heterocycles. The standard InChI is InChI=1S/C27H25ClN2O6/c1-18-23(15-20-7-9-22(10-8-20)36-17-21-5-3-4-6-25(21)28)26(32)30(27(33)24(18)16-29)11-12-34-13-14-35-19(2)31/h3-10,15H,11-14,17H2,1-2H3/b23-15+. The molecule has 1 aliphatic rings. The number of amides is 2. The average Bonchev–Trinajstić information content (AvgIpc) is 2.86. The van der Waals surface area contributed by atoms with E-state index in [1.807, 2.05) is 24.3 Å². The summed E-state index contributed by atoms with van der Waals surface area (Å²) in [6.45, 7) is 3.38.